The molecule has 0 aliphatic carbocycles. The van der Waals surface area contributed by atoms with Gasteiger partial charge in [0.2, 0.25) is 0 Å². The molecule has 3 N–H and O–H groups in total. The van der Waals surface area contributed by atoms with Gasteiger partial charge in [-0.1, -0.05) is 0 Å². The van der Waals surface area contributed by atoms with Crippen molar-refractivity contribution in [3.63, 3.8) is 0 Å². The average Bonchev–Trinajstić information content (AvgIpc) is 2.27. The summed E-state index contributed by atoms with van der Waals surface area (Å²) in [4.78, 5) is 11.8. The van der Waals surface area contributed by atoms with Gasteiger partial charge in [-0.25, -0.2) is 0 Å². The van der Waals surface area contributed by atoms with Crippen molar-refractivity contribution >= 4 is 17.3 Å². The molecular weight excluding hydrogens is 254 g/mol. The standard InChI is InChI=1S/C11H15N3O5/c1-6(2)12-11(15)8-4-9(13(16)17)7(3)10(5-8)14(18)19/h4-6,16-17H,1-3H3,(H,12,15)/q-2. The Labute approximate surface area is 109 Å². The number of carbonyl (C=O) groups is 1. The van der Waals surface area contributed by atoms with Crippen LogP contribution in [-0.2, 0) is 0 Å². The summed E-state index contributed by atoms with van der Waals surface area (Å²) in [7, 11) is 0. The van der Waals surface area contributed by atoms with Crippen LogP contribution in [0.5, 0.6) is 0 Å². The van der Waals surface area contributed by atoms with Crippen LogP contribution in [0.15, 0.2) is 12.1 Å². The zero-order valence-corrected chi connectivity index (χ0v) is 10.7. The van der Waals surface area contributed by atoms with Gasteiger partial charge in [0, 0.05) is 17.3 Å². The lowest BCUT2D eigenvalue weighted by molar-refractivity contribution is 0.0288. The first-order chi connectivity index (χ1) is 8.73. The first-order valence-electron chi connectivity index (χ1n) is 5.51. The lowest BCUT2D eigenvalue weighted by Gasteiger charge is -2.39. The molecule has 0 spiro atoms. The third-order valence-electron chi connectivity index (χ3n) is 2.45. The molecule has 0 unspecified atom stereocenters. The van der Waals surface area contributed by atoms with Gasteiger partial charge in [-0.3, -0.25) is 15.2 Å². The second-order valence-corrected chi connectivity index (χ2v) is 4.31. The van der Waals surface area contributed by atoms with Crippen LogP contribution in [0.3, 0.4) is 0 Å². The number of rotatable bonds is 4. The molecule has 0 aliphatic heterocycles. The molecule has 0 aromatic heterocycles. The van der Waals surface area contributed by atoms with Crippen molar-refractivity contribution in [2.45, 2.75) is 26.8 Å². The quantitative estimate of drug-likeness (QED) is 0.708. The monoisotopic (exact) mass is 269 g/mol. The Balaban J connectivity index is 3.30. The van der Waals surface area contributed by atoms with E-state index in [0.29, 0.717) is 0 Å². The van der Waals surface area contributed by atoms with Crippen LogP contribution >= 0.6 is 0 Å². The molecule has 0 fully saturated rings. The van der Waals surface area contributed by atoms with E-state index in [1.54, 1.807) is 13.8 Å². The summed E-state index contributed by atoms with van der Waals surface area (Å²) in [5.74, 6) is -0.527. The van der Waals surface area contributed by atoms with Crippen LogP contribution < -0.4 is 15.8 Å². The van der Waals surface area contributed by atoms with Crippen molar-refractivity contribution in [2.24, 2.45) is 0 Å². The smallest absolute Gasteiger partial charge is 0.251 e. The number of nitrogens with zero attached hydrogens (tertiary/aromatic N) is 2. The number of amides is 1. The van der Waals surface area contributed by atoms with Crippen LogP contribution in [-0.4, -0.2) is 22.4 Å². The molecule has 0 atom stereocenters. The summed E-state index contributed by atoms with van der Waals surface area (Å²) in [6.45, 7) is 4.84. The normalized spacial score (nSPS) is 10.5. The van der Waals surface area contributed by atoms with Gasteiger partial charge in [0.15, 0.2) is 0 Å². The minimum atomic E-state index is -0.686. The average molecular weight is 269 g/mol. The fourth-order valence-electron chi connectivity index (χ4n) is 1.56. The number of hydrogen-bond acceptors (Lipinski definition) is 7. The molecule has 19 heavy (non-hydrogen) atoms. The Morgan fingerprint density at radius 3 is 2.21 bits per heavy atom. The van der Waals surface area contributed by atoms with Crippen LogP contribution in [0.1, 0.15) is 29.8 Å². The van der Waals surface area contributed by atoms with Crippen molar-refractivity contribution < 1.29 is 15.2 Å². The highest BCUT2D eigenvalue weighted by molar-refractivity contribution is 5.97. The summed E-state index contributed by atoms with van der Waals surface area (Å²) in [6.07, 6.45) is 0. The van der Waals surface area contributed by atoms with E-state index in [2.05, 4.69) is 5.32 Å². The maximum absolute atomic E-state index is 11.8. The van der Waals surface area contributed by atoms with Crippen LogP contribution in [0.25, 0.3) is 0 Å². The molecule has 1 amide bonds. The van der Waals surface area contributed by atoms with E-state index in [0.717, 1.165) is 6.07 Å². The summed E-state index contributed by atoms with van der Waals surface area (Å²) < 4.78 is 0. The molecule has 106 valence electrons. The highest BCUT2D eigenvalue weighted by atomic mass is 16.8. The van der Waals surface area contributed by atoms with Crippen LogP contribution in [0, 0.1) is 17.3 Å². The highest BCUT2D eigenvalue weighted by Gasteiger charge is 2.15. The Bertz CT molecular complexity index is 444. The van der Waals surface area contributed by atoms with E-state index >= 15 is 0 Å². The van der Waals surface area contributed by atoms with E-state index in [9.17, 15) is 15.2 Å². The summed E-state index contributed by atoms with van der Waals surface area (Å²) >= 11 is 0. The largest absolute Gasteiger partial charge is 0.769 e. The van der Waals surface area contributed by atoms with Crippen molar-refractivity contribution in [1.82, 2.24) is 5.32 Å². The molecule has 0 saturated heterocycles. The van der Waals surface area contributed by atoms with Crippen molar-refractivity contribution in [1.29, 1.82) is 0 Å². The predicted molar refractivity (Wildman–Crippen MR) is 69.0 cm³/mol. The fourth-order valence-corrected chi connectivity index (χ4v) is 1.56. The zero-order valence-electron chi connectivity index (χ0n) is 10.7. The van der Waals surface area contributed by atoms with E-state index in [1.807, 2.05) is 0 Å². The first kappa shape index (κ1) is 15.2. The molecule has 0 aliphatic rings. The number of hydrogen-bond donors (Lipinski definition) is 3. The molecule has 0 heterocycles. The first-order valence-corrected chi connectivity index (χ1v) is 5.51. The molecule has 0 bridgehead atoms. The zero-order chi connectivity index (χ0) is 14.7. The van der Waals surface area contributed by atoms with E-state index in [4.69, 9.17) is 10.4 Å². The summed E-state index contributed by atoms with van der Waals surface area (Å²) in [5.41, 5.74) is -0.548. The Hall–Kier alpha value is -1.87. The number of benzene rings is 1. The predicted octanol–water partition coefficient (Wildman–Crippen LogP) is 1.52. The third kappa shape index (κ3) is 3.55. The van der Waals surface area contributed by atoms with Gasteiger partial charge < -0.3 is 21.0 Å². The highest BCUT2D eigenvalue weighted by Crippen LogP contribution is 2.29. The number of anilines is 2. The van der Waals surface area contributed by atoms with Crippen LogP contribution in [0.4, 0.5) is 11.4 Å². The van der Waals surface area contributed by atoms with Crippen molar-refractivity contribution in [3.05, 3.63) is 33.7 Å². The van der Waals surface area contributed by atoms with Gasteiger partial charge in [-0.15, -0.1) is 5.23 Å². The molecular formula is C11H15N3O5-2. The Morgan fingerprint density at radius 1 is 1.26 bits per heavy atom. The van der Waals surface area contributed by atoms with E-state index in [1.165, 1.54) is 13.0 Å². The maximum Gasteiger partial charge on any atom is 0.251 e. The minimum Gasteiger partial charge on any atom is -0.769 e. The van der Waals surface area contributed by atoms with Crippen LogP contribution in [0.2, 0.25) is 0 Å². The lowest BCUT2D eigenvalue weighted by Crippen LogP contribution is -2.30. The number of nitrogens with one attached hydrogen (secondary N) is 1. The second-order valence-electron chi connectivity index (χ2n) is 4.31. The van der Waals surface area contributed by atoms with Gasteiger partial charge in [0.25, 0.3) is 5.91 Å². The molecule has 0 saturated carbocycles. The van der Waals surface area contributed by atoms with E-state index in [-0.39, 0.29) is 33.8 Å². The molecule has 1 aromatic rings. The Morgan fingerprint density at radius 2 is 1.79 bits per heavy atom. The van der Waals surface area contributed by atoms with Gasteiger partial charge in [-0.05, 0) is 38.5 Å². The van der Waals surface area contributed by atoms with Gasteiger partial charge in [0.1, 0.15) is 0 Å². The van der Waals surface area contributed by atoms with Crippen molar-refractivity contribution in [2.75, 3.05) is 10.5 Å². The van der Waals surface area contributed by atoms with Gasteiger partial charge in [-0.2, -0.15) is 0 Å². The van der Waals surface area contributed by atoms with Gasteiger partial charge >= 0.3 is 0 Å². The van der Waals surface area contributed by atoms with Crippen molar-refractivity contribution in [3.8, 4) is 0 Å². The van der Waals surface area contributed by atoms with E-state index < -0.39 is 11.1 Å². The third-order valence-corrected chi connectivity index (χ3v) is 2.45. The SMILES string of the molecule is Cc1c(N([O-])[O-])cc(C(=O)NC(C)C)cc1N(O)O. The minimum absolute atomic E-state index is 0.0194. The lowest BCUT2D eigenvalue weighted by atomic mass is 10.1. The number of carbonyl (C=O) groups excluding carboxylic acids is 1. The topological polar surface area (TPSA) is 122 Å². The second kappa shape index (κ2) is 5.85. The Kier molecular flexibility index (Phi) is 4.67. The summed E-state index contributed by atoms with van der Waals surface area (Å²) in [6, 6.07) is 2.12. The fraction of sp³-hybridized carbons (Fsp3) is 0.364. The molecule has 0 radical (unpaired) electrons. The maximum atomic E-state index is 11.8. The molecule has 8 nitrogen and oxygen atoms in total. The molecule has 1 rings (SSSR count). The van der Waals surface area contributed by atoms with Gasteiger partial charge in [0.05, 0.1) is 5.69 Å². The summed E-state index contributed by atoms with van der Waals surface area (Å²) in [5, 5.41) is 41.5. The molecule has 8 heteroatoms. The molecule has 1 aromatic carbocycles.